The molecular weight excluding hydrogens is 314 g/mol. The lowest BCUT2D eigenvalue weighted by atomic mass is 10.3. The second-order valence-corrected chi connectivity index (χ2v) is 4.42. The van der Waals surface area contributed by atoms with E-state index in [1.165, 1.54) is 12.4 Å². The van der Waals surface area contributed by atoms with Crippen molar-refractivity contribution in [1.82, 2.24) is 9.97 Å². The highest BCUT2D eigenvalue weighted by molar-refractivity contribution is 9.10. The van der Waals surface area contributed by atoms with Crippen LogP contribution in [0.1, 0.15) is 6.42 Å². The summed E-state index contributed by atoms with van der Waals surface area (Å²) in [6.07, 6.45) is 5.32. The van der Waals surface area contributed by atoms with Gasteiger partial charge in [-0.1, -0.05) is 31.9 Å². The number of anilines is 1. The Morgan fingerprint density at radius 1 is 1.57 bits per heavy atom. The minimum absolute atomic E-state index is 0.107. The third kappa shape index (κ3) is 3.71. The fourth-order valence-electron chi connectivity index (χ4n) is 0.795. The number of halogens is 2. The Labute approximate surface area is 98.8 Å². The minimum atomic E-state index is -0.205. The third-order valence-electron chi connectivity index (χ3n) is 1.46. The highest BCUT2D eigenvalue weighted by Gasteiger charge is 2.14. The molecular formula is C8H9Br2N3O. The molecule has 0 aromatic carbocycles. The van der Waals surface area contributed by atoms with E-state index in [0.29, 0.717) is 5.82 Å². The van der Waals surface area contributed by atoms with Crippen molar-refractivity contribution in [3.8, 4) is 0 Å². The first kappa shape index (κ1) is 11.6. The Kier molecular flexibility index (Phi) is 5.03. The zero-order chi connectivity index (χ0) is 10.4. The van der Waals surface area contributed by atoms with E-state index in [0.717, 1.165) is 11.8 Å². The molecule has 1 atom stereocenters. The van der Waals surface area contributed by atoms with E-state index in [1.54, 1.807) is 6.20 Å². The Hall–Kier alpha value is -0.490. The molecule has 6 heteroatoms. The van der Waals surface area contributed by atoms with Crippen LogP contribution in [0.15, 0.2) is 18.6 Å². The number of nitrogens with zero attached hydrogens (tertiary/aromatic N) is 2. The van der Waals surface area contributed by atoms with Crippen molar-refractivity contribution < 1.29 is 4.79 Å². The molecule has 1 aromatic heterocycles. The zero-order valence-electron chi connectivity index (χ0n) is 7.28. The lowest BCUT2D eigenvalue weighted by Gasteiger charge is -2.07. The van der Waals surface area contributed by atoms with Gasteiger partial charge in [0.05, 0.1) is 11.0 Å². The number of rotatable bonds is 4. The Morgan fingerprint density at radius 2 is 2.36 bits per heavy atom. The van der Waals surface area contributed by atoms with Crippen LogP contribution in [0, 0.1) is 0 Å². The normalized spacial score (nSPS) is 12.1. The van der Waals surface area contributed by atoms with Crippen LogP contribution in [0.4, 0.5) is 5.82 Å². The molecule has 0 unspecified atom stereocenters. The summed E-state index contributed by atoms with van der Waals surface area (Å²) < 4.78 is 0. The highest BCUT2D eigenvalue weighted by atomic mass is 79.9. The average molecular weight is 323 g/mol. The number of carbonyl (C=O) groups is 1. The van der Waals surface area contributed by atoms with Gasteiger partial charge in [0.2, 0.25) is 5.91 Å². The predicted octanol–water partition coefficient (Wildman–Crippen LogP) is 1.96. The predicted molar refractivity (Wildman–Crippen MR) is 61.8 cm³/mol. The monoisotopic (exact) mass is 321 g/mol. The number of alkyl halides is 2. The molecule has 1 heterocycles. The van der Waals surface area contributed by atoms with E-state index in [-0.39, 0.29) is 10.7 Å². The van der Waals surface area contributed by atoms with Crippen LogP contribution >= 0.6 is 31.9 Å². The van der Waals surface area contributed by atoms with Gasteiger partial charge in [-0.05, 0) is 6.42 Å². The van der Waals surface area contributed by atoms with Crippen LogP contribution in [-0.4, -0.2) is 26.0 Å². The summed E-state index contributed by atoms with van der Waals surface area (Å²) in [5, 5.41) is 3.42. The van der Waals surface area contributed by atoms with E-state index in [2.05, 4.69) is 47.1 Å². The van der Waals surface area contributed by atoms with Crippen molar-refractivity contribution in [1.29, 1.82) is 0 Å². The standard InChI is InChI=1S/C8H9Br2N3O/c9-2-1-6(10)8(14)13-7-5-11-3-4-12-7/h3-6H,1-2H2,(H,12,13,14)/t6-/m1/s1. The van der Waals surface area contributed by atoms with Crippen LogP contribution in [0.2, 0.25) is 0 Å². The molecule has 0 saturated heterocycles. The van der Waals surface area contributed by atoms with Crippen molar-refractivity contribution in [2.75, 3.05) is 10.6 Å². The average Bonchev–Trinajstić information content (AvgIpc) is 2.19. The Bertz CT molecular complexity index is 294. The van der Waals surface area contributed by atoms with Crippen molar-refractivity contribution in [3.63, 3.8) is 0 Å². The van der Waals surface area contributed by atoms with Crippen LogP contribution < -0.4 is 5.32 Å². The van der Waals surface area contributed by atoms with Gasteiger partial charge >= 0.3 is 0 Å². The van der Waals surface area contributed by atoms with Gasteiger partial charge in [0.25, 0.3) is 0 Å². The van der Waals surface area contributed by atoms with Gasteiger partial charge in [-0.25, -0.2) is 4.98 Å². The van der Waals surface area contributed by atoms with Gasteiger partial charge in [0.15, 0.2) is 5.82 Å². The van der Waals surface area contributed by atoms with E-state index in [4.69, 9.17) is 0 Å². The summed E-state index contributed by atoms with van der Waals surface area (Å²) in [5.74, 6) is 0.362. The lowest BCUT2D eigenvalue weighted by Crippen LogP contribution is -2.23. The van der Waals surface area contributed by atoms with Crippen molar-refractivity contribution in [3.05, 3.63) is 18.6 Å². The topological polar surface area (TPSA) is 54.9 Å². The van der Waals surface area contributed by atoms with Gasteiger partial charge in [-0.15, -0.1) is 0 Å². The molecule has 76 valence electrons. The Morgan fingerprint density at radius 3 is 2.93 bits per heavy atom. The molecule has 0 saturated carbocycles. The summed E-state index contributed by atoms with van der Waals surface area (Å²) in [7, 11) is 0. The molecule has 0 spiro atoms. The van der Waals surface area contributed by atoms with Crippen LogP contribution in [0.5, 0.6) is 0 Å². The van der Waals surface area contributed by atoms with Gasteiger partial charge in [0, 0.05) is 17.7 Å². The number of nitrogens with one attached hydrogen (secondary N) is 1. The van der Waals surface area contributed by atoms with E-state index in [1.807, 2.05) is 0 Å². The zero-order valence-corrected chi connectivity index (χ0v) is 10.5. The summed E-state index contributed by atoms with van der Waals surface area (Å²) in [6, 6.07) is 0. The highest BCUT2D eigenvalue weighted by Crippen LogP contribution is 2.09. The Balaban J connectivity index is 2.49. The number of carbonyl (C=O) groups excluding carboxylic acids is 1. The molecule has 0 bridgehead atoms. The van der Waals surface area contributed by atoms with Crippen molar-refractivity contribution in [2.24, 2.45) is 0 Å². The molecule has 0 aliphatic rings. The first-order chi connectivity index (χ1) is 6.74. The first-order valence-corrected chi connectivity index (χ1v) is 6.04. The second kappa shape index (κ2) is 6.08. The molecule has 1 aromatic rings. The van der Waals surface area contributed by atoms with Crippen LogP contribution in [-0.2, 0) is 4.79 Å². The maximum absolute atomic E-state index is 11.5. The molecule has 0 aliphatic carbocycles. The van der Waals surface area contributed by atoms with Gasteiger partial charge in [-0.3, -0.25) is 9.78 Å². The minimum Gasteiger partial charge on any atom is -0.308 e. The third-order valence-corrected chi connectivity index (χ3v) is 2.79. The summed E-state index contributed by atoms with van der Waals surface area (Å²) in [6.45, 7) is 0. The molecule has 1 N–H and O–H groups in total. The van der Waals surface area contributed by atoms with Gasteiger partial charge in [0.1, 0.15) is 0 Å². The van der Waals surface area contributed by atoms with Gasteiger partial charge in [-0.2, -0.15) is 0 Å². The van der Waals surface area contributed by atoms with E-state index >= 15 is 0 Å². The molecule has 1 rings (SSSR count). The number of amides is 1. The maximum atomic E-state index is 11.5. The van der Waals surface area contributed by atoms with E-state index in [9.17, 15) is 4.79 Å². The molecule has 1 amide bonds. The number of hydrogen-bond donors (Lipinski definition) is 1. The molecule has 14 heavy (non-hydrogen) atoms. The lowest BCUT2D eigenvalue weighted by molar-refractivity contribution is -0.115. The van der Waals surface area contributed by atoms with Crippen LogP contribution in [0.3, 0.4) is 0 Å². The molecule has 0 radical (unpaired) electrons. The first-order valence-electron chi connectivity index (χ1n) is 4.01. The summed E-state index contributed by atoms with van der Waals surface area (Å²) in [5.41, 5.74) is 0. The summed E-state index contributed by atoms with van der Waals surface area (Å²) in [4.78, 5) is 19.0. The number of aromatic nitrogens is 2. The largest absolute Gasteiger partial charge is 0.308 e. The summed E-state index contributed by atoms with van der Waals surface area (Å²) >= 11 is 6.54. The fraction of sp³-hybridized carbons (Fsp3) is 0.375. The smallest absolute Gasteiger partial charge is 0.239 e. The second-order valence-electron chi connectivity index (χ2n) is 2.53. The fourth-order valence-corrected chi connectivity index (χ4v) is 2.21. The quantitative estimate of drug-likeness (QED) is 0.862. The maximum Gasteiger partial charge on any atom is 0.239 e. The molecule has 4 nitrogen and oxygen atoms in total. The van der Waals surface area contributed by atoms with Crippen molar-refractivity contribution >= 4 is 43.6 Å². The molecule has 0 aliphatic heterocycles. The SMILES string of the molecule is O=C(Nc1cnccn1)[C@H](Br)CCBr. The van der Waals surface area contributed by atoms with E-state index < -0.39 is 0 Å². The van der Waals surface area contributed by atoms with Crippen molar-refractivity contribution in [2.45, 2.75) is 11.2 Å². The molecule has 0 fully saturated rings. The van der Waals surface area contributed by atoms with Crippen LogP contribution in [0.25, 0.3) is 0 Å². The number of hydrogen-bond acceptors (Lipinski definition) is 3. The van der Waals surface area contributed by atoms with Gasteiger partial charge < -0.3 is 5.32 Å².